The molecular weight excluding hydrogens is 360 g/mol. The van der Waals surface area contributed by atoms with Crippen LogP contribution in [0.3, 0.4) is 0 Å². The average Bonchev–Trinajstić information content (AvgIpc) is 3.10. The number of fused-ring (bicyclic) bond motifs is 3. The van der Waals surface area contributed by atoms with Gasteiger partial charge in [0.2, 0.25) is 0 Å². The summed E-state index contributed by atoms with van der Waals surface area (Å²) in [5.41, 5.74) is 0.0380. The number of hydrogen-bond donors (Lipinski definition) is 1. The van der Waals surface area contributed by atoms with Crippen molar-refractivity contribution in [2.24, 2.45) is 18.9 Å². The Bertz CT molecular complexity index is 1020. The van der Waals surface area contributed by atoms with E-state index < -0.39 is 5.56 Å². The van der Waals surface area contributed by atoms with E-state index >= 15 is 0 Å². The molecular formula is C19H22N6O3. The highest BCUT2D eigenvalue weighted by Crippen LogP contribution is 2.38. The third-order valence-electron chi connectivity index (χ3n) is 5.94. The average molecular weight is 382 g/mol. The van der Waals surface area contributed by atoms with Gasteiger partial charge in [0, 0.05) is 57.5 Å². The van der Waals surface area contributed by atoms with Gasteiger partial charge in [-0.15, -0.1) is 0 Å². The molecule has 9 heteroatoms. The highest BCUT2D eigenvalue weighted by Gasteiger charge is 2.43. The van der Waals surface area contributed by atoms with Gasteiger partial charge in [-0.05, 0) is 24.8 Å². The maximum atomic E-state index is 12.7. The Morgan fingerprint density at radius 3 is 2.79 bits per heavy atom. The second-order valence-electron chi connectivity index (χ2n) is 8.08. The summed E-state index contributed by atoms with van der Waals surface area (Å²) in [7, 11) is 1.78. The highest BCUT2D eigenvalue weighted by molar-refractivity contribution is 5.93. The SMILES string of the molecule is Cn1ccc(C(=O)N2C[C@@H]3Cn4cc(C(=O)NCC5CC5)c(=O)nc4[C@@H]3C2)n1. The summed E-state index contributed by atoms with van der Waals surface area (Å²) in [6, 6.07) is 1.71. The molecule has 146 valence electrons. The Morgan fingerprint density at radius 1 is 1.25 bits per heavy atom. The van der Waals surface area contributed by atoms with Gasteiger partial charge < -0.3 is 14.8 Å². The van der Waals surface area contributed by atoms with Crippen molar-refractivity contribution in [3.05, 3.63) is 45.9 Å². The first kappa shape index (κ1) is 17.2. The number of carbonyl (C=O) groups excluding carboxylic acids is 2. The molecule has 0 spiro atoms. The van der Waals surface area contributed by atoms with Crippen LogP contribution in [0.4, 0.5) is 0 Å². The smallest absolute Gasteiger partial charge is 0.285 e. The third-order valence-corrected chi connectivity index (χ3v) is 5.94. The Kier molecular flexibility index (Phi) is 3.85. The second-order valence-corrected chi connectivity index (χ2v) is 8.08. The van der Waals surface area contributed by atoms with Crippen LogP contribution in [0.25, 0.3) is 0 Å². The van der Waals surface area contributed by atoms with Crippen LogP contribution < -0.4 is 10.9 Å². The standard InChI is InChI=1S/C19H22N6O3/c1-23-5-4-15(22-23)19(28)25-8-12-7-24-10-14(17(26)20-6-11-2-3-11)18(27)21-16(24)13(12)9-25/h4-5,10-13H,2-3,6-9H2,1H3,(H,20,26)/t12-,13+/m0/s1. The van der Waals surface area contributed by atoms with Crippen LogP contribution in [0.5, 0.6) is 0 Å². The first-order valence-corrected chi connectivity index (χ1v) is 9.68. The molecule has 1 saturated carbocycles. The van der Waals surface area contributed by atoms with Gasteiger partial charge in [0.25, 0.3) is 17.4 Å². The second kappa shape index (κ2) is 6.29. The molecule has 28 heavy (non-hydrogen) atoms. The third kappa shape index (κ3) is 2.90. The Labute approximate surface area is 161 Å². The molecule has 1 aliphatic carbocycles. The molecule has 0 bridgehead atoms. The number of carbonyl (C=O) groups is 2. The number of nitrogens with one attached hydrogen (secondary N) is 1. The molecule has 2 aromatic heterocycles. The van der Waals surface area contributed by atoms with E-state index in [1.165, 1.54) is 0 Å². The first-order chi connectivity index (χ1) is 13.5. The molecule has 3 aliphatic rings. The molecule has 0 radical (unpaired) electrons. The molecule has 2 atom stereocenters. The summed E-state index contributed by atoms with van der Waals surface area (Å²) in [5.74, 6) is 0.998. The van der Waals surface area contributed by atoms with Crippen molar-refractivity contribution in [2.45, 2.75) is 25.3 Å². The van der Waals surface area contributed by atoms with Crippen molar-refractivity contribution < 1.29 is 9.59 Å². The number of aromatic nitrogens is 4. The number of hydrogen-bond acceptors (Lipinski definition) is 5. The van der Waals surface area contributed by atoms with Crippen LogP contribution in [-0.2, 0) is 13.6 Å². The van der Waals surface area contributed by atoms with Crippen LogP contribution in [0.15, 0.2) is 23.3 Å². The van der Waals surface area contributed by atoms with Gasteiger partial charge in [-0.3, -0.25) is 19.1 Å². The maximum absolute atomic E-state index is 12.7. The van der Waals surface area contributed by atoms with E-state index in [1.807, 2.05) is 4.57 Å². The normalized spacial score (nSPS) is 22.8. The van der Waals surface area contributed by atoms with Crippen molar-refractivity contribution >= 4 is 11.8 Å². The van der Waals surface area contributed by atoms with Crippen LogP contribution in [0.2, 0.25) is 0 Å². The van der Waals surface area contributed by atoms with Crippen molar-refractivity contribution in [1.82, 2.24) is 29.5 Å². The molecule has 5 rings (SSSR count). The first-order valence-electron chi connectivity index (χ1n) is 9.68. The largest absolute Gasteiger partial charge is 0.352 e. The van der Waals surface area contributed by atoms with Crippen LogP contribution >= 0.6 is 0 Å². The van der Waals surface area contributed by atoms with Crippen LogP contribution in [0, 0.1) is 11.8 Å². The summed E-state index contributed by atoms with van der Waals surface area (Å²) in [5, 5.41) is 7.01. The predicted octanol–water partition coefficient (Wildman–Crippen LogP) is -0.0140. The lowest BCUT2D eigenvalue weighted by molar-refractivity contribution is 0.0776. The topological polar surface area (TPSA) is 102 Å². The zero-order valence-corrected chi connectivity index (χ0v) is 15.7. The van der Waals surface area contributed by atoms with Crippen LogP contribution in [0.1, 0.15) is 45.4 Å². The number of nitrogens with zero attached hydrogens (tertiary/aromatic N) is 5. The Morgan fingerprint density at radius 2 is 2.07 bits per heavy atom. The van der Waals surface area contributed by atoms with Crippen molar-refractivity contribution in [2.75, 3.05) is 19.6 Å². The van der Waals surface area contributed by atoms with E-state index in [2.05, 4.69) is 15.4 Å². The van der Waals surface area contributed by atoms with Gasteiger partial charge >= 0.3 is 0 Å². The summed E-state index contributed by atoms with van der Waals surface area (Å²) in [6.45, 7) is 2.39. The maximum Gasteiger partial charge on any atom is 0.285 e. The van der Waals surface area contributed by atoms with Gasteiger partial charge in [0.15, 0.2) is 0 Å². The highest BCUT2D eigenvalue weighted by atomic mass is 16.2. The minimum atomic E-state index is -0.491. The fourth-order valence-electron chi connectivity index (χ4n) is 4.22. The molecule has 2 aliphatic heterocycles. The van der Waals surface area contributed by atoms with Crippen molar-refractivity contribution in [3.8, 4) is 0 Å². The van der Waals surface area contributed by atoms with Gasteiger partial charge in [-0.2, -0.15) is 10.1 Å². The fourth-order valence-corrected chi connectivity index (χ4v) is 4.22. The number of likely N-dealkylation sites (tertiary alicyclic amines) is 1. The Balaban J connectivity index is 1.33. The Hall–Kier alpha value is -2.97. The fraction of sp³-hybridized carbons (Fsp3) is 0.526. The lowest BCUT2D eigenvalue weighted by Crippen LogP contribution is -2.34. The molecule has 1 saturated heterocycles. The lowest BCUT2D eigenvalue weighted by Gasteiger charge is -2.17. The van der Waals surface area contributed by atoms with Gasteiger partial charge in [-0.1, -0.05) is 0 Å². The molecule has 1 N–H and O–H groups in total. The van der Waals surface area contributed by atoms with E-state index in [0.29, 0.717) is 43.6 Å². The van der Waals surface area contributed by atoms with Gasteiger partial charge in [-0.25, -0.2) is 0 Å². The summed E-state index contributed by atoms with van der Waals surface area (Å²) >= 11 is 0. The molecule has 4 heterocycles. The number of amides is 2. The quantitative estimate of drug-likeness (QED) is 0.801. The van der Waals surface area contributed by atoms with E-state index in [-0.39, 0.29) is 29.2 Å². The van der Waals surface area contributed by atoms with E-state index in [0.717, 1.165) is 12.8 Å². The molecule has 9 nitrogen and oxygen atoms in total. The minimum Gasteiger partial charge on any atom is -0.352 e. The van der Waals surface area contributed by atoms with E-state index in [1.54, 1.807) is 35.1 Å². The number of aryl methyl sites for hydroxylation is 1. The molecule has 0 aromatic carbocycles. The summed E-state index contributed by atoms with van der Waals surface area (Å²) in [4.78, 5) is 43.4. The van der Waals surface area contributed by atoms with E-state index in [9.17, 15) is 14.4 Å². The molecule has 2 fully saturated rings. The summed E-state index contributed by atoms with van der Waals surface area (Å²) < 4.78 is 3.52. The monoisotopic (exact) mass is 382 g/mol. The molecule has 0 unspecified atom stereocenters. The summed E-state index contributed by atoms with van der Waals surface area (Å²) in [6.07, 6.45) is 5.66. The van der Waals surface area contributed by atoms with Crippen LogP contribution in [-0.4, -0.2) is 55.7 Å². The van der Waals surface area contributed by atoms with Crippen molar-refractivity contribution in [1.29, 1.82) is 0 Å². The van der Waals surface area contributed by atoms with Gasteiger partial charge in [0.1, 0.15) is 17.1 Å². The number of rotatable bonds is 4. The van der Waals surface area contributed by atoms with E-state index in [4.69, 9.17) is 0 Å². The lowest BCUT2D eigenvalue weighted by atomic mass is 9.99. The van der Waals surface area contributed by atoms with Gasteiger partial charge in [0.05, 0.1) is 0 Å². The zero-order chi connectivity index (χ0) is 19.4. The van der Waals surface area contributed by atoms with Crippen molar-refractivity contribution in [3.63, 3.8) is 0 Å². The zero-order valence-electron chi connectivity index (χ0n) is 15.7. The molecule has 2 amide bonds. The predicted molar refractivity (Wildman–Crippen MR) is 98.9 cm³/mol. The minimum absolute atomic E-state index is 0.0175. The molecule has 2 aromatic rings.